The average molecular weight is 384 g/mol. The van der Waals surface area contributed by atoms with Crippen LogP contribution in [0.1, 0.15) is 24.8 Å². The van der Waals surface area contributed by atoms with Crippen molar-refractivity contribution in [3.63, 3.8) is 0 Å². The van der Waals surface area contributed by atoms with Gasteiger partial charge in [-0.1, -0.05) is 0 Å². The van der Waals surface area contributed by atoms with Crippen LogP contribution in [0.25, 0.3) is 0 Å². The van der Waals surface area contributed by atoms with E-state index in [1.165, 1.54) is 6.42 Å². The molecule has 136 valence electrons. The number of carbonyl (C=O) groups is 1. The van der Waals surface area contributed by atoms with E-state index in [0.717, 1.165) is 24.1 Å². The first-order chi connectivity index (χ1) is 11.2. The Hall–Kier alpha value is -1.63. The van der Waals surface area contributed by atoms with Crippen LogP contribution in [0.15, 0.2) is 36.9 Å². The summed E-state index contributed by atoms with van der Waals surface area (Å²) in [6.07, 6.45) is 10.5. The molecule has 2 aromatic rings. The van der Waals surface area contributed by atoms with Crippen LogP contribution >= 0.6 is 24.8 Å². The highest BCUT2D eigenvalue weighted by molar-refractivity contribution is 5.93. The zero-order valence-electron chi connectivity index (χ0n) is 13.7. The molecule has 2 fully saturated rings. The minimum Gasteiger partial charge on any atom is -0.327 e. The standard InChI is InChI=1S/C17H21N5O.2ClH/c18-16-13-2-1-12(7-13)15(16)17(23)21-14-8-20-22(10-14)9-11-3-5-19-6-4-11;;/h3-6,8,10,12-13,15-16H,1-2,7,9,18H2,(H,21,23);2*1H. The quantitative estimate of drug-likeness (QED) is 0.848. The second-order valence-corrected chi connectivity index (χ2v) is 6.71. The van der Waals surface area contributed by atoms with Gasteiger partial charge in [0.15, 0.2) is 0 Å². The smallest absolute Gasteiger partial charge is 0.229 e. The summed E-state index contributed by atoms with van der Waals surface area (Å²) in [5, 5.41) is 7.30. The molecular formula is C17H23Cl2N5O. The predicted molar refractivity (Wildman–Crippen MR) is 101 cm³/mol. The molecule has 25 heavy (non-hydrogen) atoms. The second-order valence-electron chi connectivity index (χ2n) is 6.71. The van der Waals surface area contributed by atoms with Crippen LogP contribution < -0.4 is 11.1 Å². The third-order valence-electron chi connectivity index (χ3n) is 5.28. The lowest BCUT2D eigenvalue weighted by Gasteiger charge is -2.26. The number of nitrogens with two attached hydrogens (primary N) is 1. The van der Waals surface area contributed by atoms with E-state index >= 15 is 0 Å². The zero-order chi connectivity index (χ0) is 15.8. The van der Waals surface area contributed by atoms with Crippen LogP contribution in [0.2, 0.25) is 0 Å². The maximum Gasteiger partial charge on any atom is 0.229 e. The number of fused-ring (bicyclic) bond motifs is 2. The topological polar surface area (TPSA) is 85.8 Å². The molecule has 2 saturated carbocycles. The van der Waals surface area contributed by atoms with Crippen molar-refractivity contribution < 1.29 is 4.79 Å². The van der Waals surface area contributed by atoms with Crippen molar-refractivity contribution in [3.05, 3.63) is 42.5 Å². The van der Waals surface area contributed by atoms with Crippen LogP contribution in [0.5, 0.6) is 0 Å². The minimum atomic E-state index is -0.0442. The Morgan fingerprint density at radius 1 is 1.24 bits per heavy atom. The lowest BCUT2D eigenvalue weighted by Crippen LogP contribution is -2.42. The Labute approximate surface area is 159 Å². The van der Waals surface area contributed by atoms with E-state index in [1.807, 2.05) is 23.0 Å². The number of hydrogen-bond acceptors (Lipinski definition) is 4. The number of carbonyl (C=O) groups excluding carboxylic acids is 1. The molecular weight excluding hydrogens is 361 g/mol. The van der Waals surface area contributed by atoms with E-state index in [2.05, 4.69) is 15.4 Å². The van der Waals surface area contributed by atoms with Gasteiger partial charge in [0.2, 0.25) is 5.91 Å². The van der Waals surface area contributed by atoms with Gasteiger partial charge in [-0.3, -0.25) is 14.5 Å². The summed E-state index contributed by atoms with van der Waals surface area (Å²) < 4.78 is 1.81. The van der Waals surface area contributed by atoms with Crippen LogP contribution in [0, 0.1) is 17.8 Å². The summed E-state index contributed by atoms with van der Waals surface area (Å²) in [6, 6.07) is 3.92. The Kier molecular flexibility index (Phi) is 6.43. The molecule has 4 rings (SSSR count). The Bertz CT molecular complexity index is 706. The molecule has 0 aromatic carbocycles. The van der Waals surface area contributed by atoms with E-state index < -0.39 is 0 Å². The van der Waals surface area contributed by atoms with E-state index in [0.29, 0.717) is 18.4 Å². The fraction of sp³-hybridized carbons (Fsp3) is 0.471. The molecule has 3 N–H and O–H groups in total. The summed E-state index contributed by atoms with van der Waals surface area (Å²) >= 11 is 0. The Morgan fingerprint density at radius 2 is 1.96 bits per heavy atom. The first-order valence-corrected chi connectivity index (χ1v) is 8.18. The summed E-state index contributed by atoms with van der Waals surface area (Å²) in [6.45, 7) is 0.659. The van der Waals surface area contributed by atoms with Gasteiger partial charge in [0.05, 0.1) is 24.3 Å². The highest BCUT2D eigenvalue weighted by Crippen LogP contribution is 2.47. The van der Waals surface area contributed by atoms with Crippen molar-refractivity contribution >= 4 is 36.4 Å². The molecule has 4 unspecified atom stereocenters. The van der Waals surface area contributed by atoms with E-state index in [4.69, 9.17) is 5.73 Å². The van der Waals surface area contributed by atoms with Gasteiger partial charge in [-0.25, -0.2) is 0 Å². The number of pyridine rings is 1. The van der Waals surface area contributed by atoms with Crippen molar-refractivity contribution in [2.24, 2.45) is 23.5 Å². The Morgan fingerprint density at radius 3 is 2.64 bits per heavy atom. The van der Waals surface area contributed by atoms with E-state index in [9.17, 15) is 4.79 Å². The van der Waals surface area contributed by atoms with Gasteiger partial charge in [-0.2, -0.15) is 5.10 Å². The summed E-state index contributed by atoms with van der Waals surface area (Å²) in [5.41, 5.74) is 8.10. The van der Waals surface area contributed by atoms with Gasteiger partial charge >= 0.3 is 0 Å². The maximum atomic E-state index is 12.5. The van der Waals surface area contributed by atoms with Crippen LogP contribution in [0.4, 0.5) is 5.69 Å². The molecule has 0 radical (unpaired) electrons. The minimum absolute atomic E-state index is 0. The fourth-order valence-electron chi connectivity index (χ4n) is 4.14. The normalized spacial score (nSPS) is 26.6. The van der Waals surface area contributed by atoms with Crippen molar-refractivity contribution in [1.82, 2.24) is 14.8 Å². The molecule has 2 aliphatic carbocycles. The summed E-state index contributed by atoms with van der Waals surface area (Å²) in [7, 11) is 0. The van der Waals surface area contributed by atoms with Gasteiger partial charge in [0.25, 0.3) is 0 Å². The number of amides is 1. The summed E-state index contributed by atoms with van der Waals surface area (Å²) in [4.78, 5) is 16.5. The van der Waals surface area contributed by atoms with Crippen molar-refractivity contribution in [2.75, 3.05) is 5.32 Å². The molecule has 8 heteroatoms. The molecule has 0 spiro atoms. The highest BCUT2D eigenvalue weighted by Gasteiger charge is 2.49. The number of rotatable bonds is 4. The average Bonchev–Trinajstić information content (AvgIpc) is 3.25. The molecule has 2 aromatic heterocycles. The van der Waals surface area contributed by atoms with Crippen LogP contribution in [0.3, 0.4) is 0 Å². The second kappa shape index (κ2) is 8.17. The van der Waals surface area contributed by atoms with Crippen molar-refractivity contribution in [2.45, 2.75) is 31.8 Å². The molecule has 6 nitrogen and oxygen atoms in total. The van der Waals surface area contributed by atoms with Crippen molar-refractivity contribution in [1.29, 1.82) is 0 Å². The fourth-order valence-corrected chi connectivity index (χ4v) is 4.14. The lowest BCUT2D eigenvalue weighted by atomic mass is 9.84. The third-order valence-corrected chi connectivity index (χ3v) is 5.28. The monoisotopic (exact) mass is 383 g/mol. The Balaban J connectivity index is 0.00000113. The number of nitrogens with one attached hydrogen (secondary N) is 1. The van der Waals surface area contributed by atoms with Gasteiger partial charge in [-0.15, -0.1) is 24.8 Å². The predicted octanol–water partition coefficient (Wildman–Crippen LogP) is 2.48. The first kappa shape index (κ1) is 19.7. The highest BCUT2D eigenvalue weighted by atomic mass is 35.5. The number of anilines is 1. The maximum absolute atomic E-state index is 12.5. The van der Waals surface area contributed by atoms with Gasteiger partial charge in [-0.05, 0) is 48.8 Å². The molecule has 1 amide bonds. The number of hydrogen-bond donors (Lipinski definition) is 2. The number of aromatic nitrogens is 3. The third kappa shape index (κ3) is 3.97. The largest absolute Gasteiger partial charge is 0.327 e. The van der Waals surface area contributed by atoms with Crippen molar-refractivity contribution in [3.8, 4) is 0 Å². The zero-order valence-corrected chi connectivity index (χ0v) is 15.4. The van der Waals surface area contributed by atoms with Crippen LogP contribution in [-0.4, -0.2) is 26.7 Å². The molecule has 4 atom stereocenters. The number of halogens is 2. The number of nitrogens with zero attached hydrogens (tertiary/aromatic N) is 3. The molecule has 0 saturated heterocycles. The lowest BCUT2D eigenvalue weighted by molar-refractivity contribution is -0.121. The molecule has 0 aliphatic heterocycles. The van der Waals surface area contributed by atoms with E-state index in [-0.39, 0.29) is 42.7 Å². The summed E-state index contributed by atoms with van der Waals surface area (Å²) in [5.74, 6) is 0.998. The van der Waals surface area contributed by atoms with Crippen LogP contribution in [-0.2, 0) is 11.3 Å². The van der Waals surface area contributed by atoms with Gasteiger partial charge in [0.1, 0.15) is 0 Å². The van der Waals surface area contributed by atoms with Gasteiger partial charge in [0, 0.05) is 24.6 Å². The first-order valence-electron chi connectivity index (χ1n) is 8.18. The molecule has 2 heterocycles. The van der Waals surface area contributed by atoms with E-state index in [1.54, 1.807) is 18.6 Å². The van der Waals surface area contributed by atoms with Gasteiger partial charge < -0.3 is 11.1 Å². The SMILES string of the molecule is Cl.Cl.NC1C2CCC(C2)C1C(=O)Nc1cnn(Cc2ccncc2)c1. The molecule has 2 bridgehead atoms. The molecule has 2 aliphatic rings.